The molecule has 0 saturated heterocycles. The van der Waals surface area contributed by atoms with Crippen molar-refractivity contribution in [2.24, 2.45) is 5.92 Å². The summed E-state index contributed by atoms with van der Waals surface area (Å²) in [4.78, 5) is 8.94. The molecule has 0 amide bonds. The maximum absolute atomic E-state index is 5.55. The molecule has 0 fully saturated rings. The first-order chi connectivity index (χ1) is 9.65. The second-order valence-corrected chi connectivity index (χ2v) is 5.23. The normalized spacial score (nSPS) is 10.8. The van der Waals surface area contributed by atoms with E-state index in [2.05, 4.69) is 48.3 Å². The van der Waals surface area contributed by atoms with Gasteiger partial charge < -0.3 is 15.4 Å². The van der Waals surface area contributed by atoms with E-state index in [1.54, 1.807) is 0 Å². The Morgan fingerprint density at radius 1 is 1.10 bits per heavy atom. The van der Waals surface area contributed by atoms with Crippen molar-refractivity contribution in [2.75, 3.05) is 36.9 Å². The van der Waals surface area contributed by atoms with Crippen molar-refractivity contribution in [2.45, 2.75) is 40.5 Å². The predicted molar refractivity (Wildman–Crippen MR) is 84.3 cm³/mol. The molecule has 2 N–H and O–H groups in total. The van der Waals surface area contributed by atoms with Crippen LogP contribution >= 0.6 is 0 Å². The van der Waals surface area contributed by atoms with Crippen molar-refractivity contribution in [1.82, 2.24) is 9.97 Å². The number of aryl methyl sites for hydroxylation is 1. The van der Waals surface area contributed by atoms with Crippen LogP contribution in [0.25, 0.3) is 0 Å². The second kappa shape index (κ2) is 9.53. The van der Waals surface area contributed by atoms with Gasteiger partial charge in [0.15, 0.2) is 0 Å². The number of aromatic nitrogens is 2. The lowest BCUT2D eigenvalue weighted by Crippen LogP contribution is -2.14. The fraction of sp³-hybridized carbons (Fsp3) is 0.733. The van der Waals surface area contributed by atoms with Crippen LogP contribution in [-0.4, -0.2) is 36.3 Å². The molecule has 0 spiro atoms. The van der Waals surface area contributed by atoms with Gasteiger partial charge in [0.2, 0.25) is 0 Å². The van der Waals surface area contributed by atoms with Crippen molar-refractivity contribution < 1.29 is 4.74 Å². The highest BCUT2D eigenvalue weighted by Crippen LogP contribution is 2.11. The molecule has 0 unspecified atom stereocenters. The summed E-state index contributed by atoms with van der Waals surface area (Å²) < 4.78 is 5.55. The lowest BCUT2D eigenvalue weighted by Gasteiger charge is -2.11. The molecule has 0 radical (unpaired) electrons. The number of hydrogen-bond acceptors (Lipinski definition) is 5. The Balaban J connectivity index is 2.46. The van der Waals surface area contributed by atoms with Gasteiger partial charge in [-0.05, 0) is 12.3 Å². The molecule has 1 aromatic heterocycles. The summed E-state index contributed by atoms with van der Waals surface area (Å²) in [6.07, 6.45) is 1.91. The van der Waals surface area contributed by atoms with Gasteiger partial charge in [-0.15, -0.1) is 0 Å². The Hall–Kier alpha value is -1.36. The first-order valence-corrected chi connectivity index (χ1v) is 7.59. The number of nitrogens with one attached hydrogen (secondary N) is 2. The molecule has 20 heavy (non-hydrogen) atoms. The Labute approximate surface area is 122 Å². The third kappa shape index (κ3) is 6.70. The van der Waals surface area contributed by atoms with Gasteiger partial charge in [-0.3, -0.25) is 0 Å². The summed E-state index contributed by atoms with van der Waals surface area (Å²) in [5.41, 5.74) is 0. The van der Waals surface area contributed by atoms with E-state index in [-0.39, 0.29) is 0 Å². The molecule has 0 atom stereocenters. The molecule has 114 valence electrons. The molecule has 5 heteroatoms. The van der Waals surface area contributed by atoms with Gasteiger partial charge in [0.05, 0.1) is 6.61 Å². The SMILES string of the molecule is CCCNc1cc(NCCOCC(C)C)nc(CC)n1. The fourth-order valence-electron chi connectivity index (χ4n) is 1.66. The van der Waals surface area contributed by atoms with Crippen LogP contribution in [0.5, 0.6) is 0 Å². The maximum atomic E-state index is 5.55. The largest absolute Gasteiger partial charge is 0.379 e. The number of rotatable bonds is 10. The van der Waals surface area contributed by atoms with Gasteiger partial charge >= 0.3 is 0 Å². The zero-order valence-electron chi connectivity index (χ0n) is 13.2. The van der Waals surface area contributed by atoms with Crippen LogP contribution in [0.2, 0.25) is 0 Å². The molecule has 0 aromatic carbocycles. The van der Waals surface area contributed by atoms with Gasteiger partial charge in [-0.1, -0.05) is 27.7 Å². The number of nitrogens with zero attached hydrogens (tertiary/aromatic N) is 2. The first-order valence-electron chi connectivity index (χ1n) is 7.59. The molecular weight excluding hydrogens is 252 g/mol. The highest BCUT2D eigenvalue weighted by Gasteiger charge is 2.03. The summed E-state index contributed by atoms with van der Waals surface area (Å²) >= 11 is 0. The van der Waals surface area contributed by atoms with Crippen LogP contribution in [0.4, 0.5) is 11.6 Å². The van der Waals surface area contributed by atoms with Gasteiger partial charge in [-0.25, -0.2) is 9.97 Å². The number of hydrogen-bond donors (Lipinski definition) is 2. The van der Waals surface area contributed by atoms with E-state index in [4.69, 9.17) is 4.74 Å². The van der Waals surface area contributed by atoms with Crippen LogP contribution in [-0.2, 0) is 11.2 Å². The molecule has 0 aliphatic rings. The molecule has 1 rings (SSSR count). The maximum Gasteiger partial charge on any atom is 0.132 e. The van der Waals surface area contributed by atoms with E-state index in [1.165, 1.54) is 0 Å². The second-order valence-electron chi connectivity index (χ2n) is 5.23. The van der Waals surface area contributed by atoms with E-state index in [0.29, 0.717) is 12.5 Å². The highest BCUT2D eigenvalue weighted by molar-refractivity contribution is 5.47. The summed E-state index contributed by atoms with van der Waals surface area (Å²) in [6, 6.07) is 1.96. The molecular formula is C15H28N4O. The fourth-order valence-corrected chi connectivity index (χ4v) is 1.66. The molecule has 0 aliphatic heterocycles. The molecule has 0 aliphatic carbocycles. The molecule has 1 aromatic rings. The molecule has 0 bridgehead atoms. The van der Waals surface area contributed by atoms with Crippen LogP contribution in [0.1, 0.15) is 39.9 Å². The smallest absolute Gasteiger partial charge is 0.132 e. The van der Waals surface area contributed by atoms with Gasteiger partial charge in [0.25, 0.3) is 0 Å². The van der Waals surface area contributed by atoms with Crippen LogP contribution < -0.4 is 10.6 Å². The van der Waals surface area contributed by atoms with Gasteiger partial charge in [-0.2, -0.15) is 0 Å². The summed E-state index contributed by atoms with van der Waals surface area (Å²) in [7, 11) is 0. The number of anilines is 2. The summed E-state index contributed by atoms with van der Waals surface area (Å²) in [5, 5.41) is 6.60. The van der Waals surface area contributed by atoms with E-state index in [9.17, 15) is 0 Å². The average molecular weight is 280 g/mol. The summed E-state index contributed by atoms with van der Waals surface area (Å²) in [5.74, 6) is 3.19. The van der Waals surface area contributed by atoms with E-state index < -0.39 is 0 Å². The molecule has 0 saturated carbocycles. The predicted octanol–water partition coefficient (Wildman–Crippen LogP) is 2.95. The average Bonchev–Trinajstić information content (AvgIpc) is 2.44. The van der Waals surface area contributed by atoms with Crippen molar-refractivity contribution in [3.05, 3.63) is 11.9 Å². The Morgan fingerprint density at radius 2 is 1.75 bits per heavy atom. The highest BCUT2D eigenvalue weighted by atomic mass is 16.5. The van der Waals surface area contributed by atoms with Crippen LogP contribution in [0, 0.1) is 5.92 Å². The lowest BCUT2D eigenvalue weighted by molar-refractivity contribution is 0.118. The minimum absolute atomic E-state index is 0.575. The standard InChI is InChI=1S/C15H28N4O/c1-5-7-16-14-10-15(19-13(6-2)18-14)17-8-9-20-11-12(3)4/h10,12H,5-9,11H2,1-4H3,(H2,16,17,18,19). The van der Waals surface area contributed by atoms with E-state index >= 15 is 0 Å². The topological polar surface area (TPSA) is 59.1 Å². The summed E-state index contributed by atoms with van der Waals surface area (Å²) in [6.45, 7) is 11.7. The third-order valence-electron chi connectivity index (χ3n) is 2.65. The third-order valence-corrected chi connectivity index (χ3v) is 2.65. The lowest BCUT2D eigenvalue weighted by atomic mass is 10.2. The van der Waals surface area contributed by atoms with Crippen molar-refractivity contribution in [3.63, 3.8) is 0 Å². The van der Waals surface area contributed by atoms with Crippen molar-refractivity contribution in [3.8, 4) is 0 Å². The quantitative estimate of drug-likeness (QED) is 0.645. The molecule has 5 nitrogen and oxygen atoms in total. The Kier molecular flexibility index (Phi) is 7.95. The molecule has 1 heterocycles. The van der Waals surface area contributed by atoms with Crippen LogP contribution in [0.15, 0.2) is 6.07 Å². The van der Waals surface area contributed by atoms with Gasteiger partial charge in [0.1, 0.15) is 17.5 Å². The minimum atomic E-state index is 0.575. The van der Waals surface area contributed by atoms with Gasteiger partial charge in [0, 0.05) is 32.2 Å². The van der Waals surface area contributed by atoms with Crippen molar-refractivity contribution in [1.29, 1.82) is 0 Å². The Morgan fingerprint density at radius 3 is 2.30 bits per heavy atom. The van der Waals surface area contributed by atoms with Crippen molar-refractivity contribution >= 4 is 11.6 Å². The Bertz CT molecular complexity index is 382. The monoisotopic (exact) mass is 280 g/mol. The van der Waals surface area contributed by atoms with E-state index in [1.807, 2.05) is 6.07 Å². The first kappa shape index (κ1) is 16.7. The number of ether oxygens (including phenoxy) is 1. The van der Waals surface area contributed by atoms with Crippen LogP contribution in [0.3, 0.4) is 0 Å². The zero-order chi connectivity index (χ0) is 14.8. The zero-order valence-corrected chi connectivity index (χ0v) is 13.2. The minimum Gasteiger partial charge on any atom is -0.379 e. The van der Waals surface area contributed by atoms with E-state index in [0.717, 1.165) is 50.0 Å².